The number of guanidine groups is 1. The first-order valence-electron chi connectivity index (χ1n) is 8.77. The van der Waals surface area contributed by atoms with E-state index in [1.165, 1.54) is 41.4 Å². The van der Waals surface area contributed by atoms with Gasteiger partial charge in [-0.15, -0.1) is 24.0 Å². The average molecular weight is 472 g/mol. The molecule has 0 spiro atoms. The van der Waals surface area contributed by atoms with E-state index in [4.69, 9.17) is 0 Å². The minimum atomic E-state index is 0. The van der Waals surface area contributed by atoms with Crippen LogP contribution in [0.4, 0.5) is 0 Å². The molecule has 2 aromatic rings. The Morgan fingerprint density at radius 1 is 1.32 bits per heavy atom. The Balaban J connectivity index is 0.00000225. The lowest BCUT2D eigenvalue weighted by molar-refractivity contribution is 0.614. The van der Waals surface area contributed by atoms with Gasteiger partial charge in [-0.25, -0.2) is 0 Å². The quantitative estimate of drug-likeness (QED) is 0.349. The molecule has 25 heavy (non-hydrogen) atoms. The molecule has 3 N–H and O–H groups in total. The molecular weight excluding hydrogens is 443 g/mol. The van der Waals surface area contributed by atoms with Gasteiger partial charge in [0.05, 0.1) is 0 Å². The summed E-state index contributed by atoms with van der Waals surface area (Å²) in [5.74, 6) is 0.930. The van der Waals surface area contributed by atoms with Crippen LogP contribution in [-0.4, -0.2) is 42.1 Å². The standard InChI is InChI=1S/C19H28N4S.HI/c1-13-16(17-6-4-5-7-18(17)22-13)10-11-21-19(20-2)23-14-8-9-15(12-14)24-3;/h4-7,14-15,22H,8-12H2,1-3H3,(H2,20,21,23);1H. The fourth-order valence-corrected chi connectivity index (χ4v) is 4.43. The van der Waals surface area contributed by atoms with Gasteiger partial charge >= 0.3 is 0 Å². The van der Waals surface area contributed by atoms with E-state index >= 15 is 0 Å². The Hall–Kier alpha value is -0.890. The summed E-state index contributed by atoms with van der Waals surface area (Å²) in [5, 5.41) is 9.19. The highest BCUT2D eigenvalue weighted by molar-refractivity contribution is 14.0. The van der Waals surface area contributed by atoms with Gasteiger partial charge in [0.25, 0.3) is 0 Å². The number of aryl methyl sites for hydroxylation is 1. The number of halogens is 1. The molecule has 6 heteroatoms. The molecule has 2 unspecified atom stereocenters. The number of fused-ring (bicyclic) bond motifs is 1. The summed E-state index contributed by atoms with van der Waals surface area (Å²) in [6.07, 6.45) is 7.00. The van der Waals surface area contributed by atoms with Crippen molar-refractivity contribution in [3.63, 3.8) is 0 Å². The maximum atomic E-state index is 4.39. The number of rotatable bonds is 5. The van der Waals surface area contributed by atoms with Crippen LogP contribution < -0.4 is 10.6 Å². The van der Waals surface area contributed by atoms with Crippen LogP contribution in [0.25, 0.3) is 10.9 Å². The van der Waals surface area contributed by atoms with E-state index in [2.05, 4.69) is 58.1 Å². The van der Waals surface area contributed by atoms with Crippen molar-refractivity contribution in [1.29, 1.82) is 0 Å². The molecule has 1 heterocycles. The molecule has 0 bridgehead atoms. The predicted octanol–water partition coefficient (Wildman–Crippen LogP) is 4.09. The summed E-state index contributed by atoms with van der Waals surface area (Å²) in [6, 6.07) is 9.08. The van der Waals surface area contributed by atoms with E-state index < -0.39 is 0 Å². The van der Waals surface area contributed by atoms with Gasteiger partial charge in [0.2, 0.25) is 0 Å². The van der Waals surface area contributed by atoms with Gasteiger partial charge in [-0.3, -0.25) is 4.99 Å². The van der Waals surface area contributed by atoms with Crippen LogP contribution in [0.1, 0.15) is 30.5 Å². The second-order valence-corrected chi connectivity index (χ2v) is 7.67. The maximum absolute atomic E-state index is 4.39. The average Bonchev–Trinajstić information content (AvgIpc) is 3.18. The second kappa shape index (κ2) is 9.71. The molecule has 138 valence electrons. The van der Waals surface area contributed by atoms with Crippen molar-refractivity contribution >= 4 is 52.6 Å². The van der Waals surface area contributed by atoms with Gasteiger partial charge in [0, 0.05) is 41.5 Å². The van der Waals surface area contributed by atoms with Gasteiger partial charge in [0.1, 0.15) is 0 Å². The van der Waals surface area contributed by atoms with Crippen LogP contribution in [0, 0.1) is 6.92 Å². The third kappa shape index (κ3) is 5.06. The molecule has 1 aromatic carbocycles. The molecule has 0 saturated heterocycles. The number of thioether (sulfide) groups is 1. The number of hydrogen-bond donors (Lipinski definition) is 3. The van der Waals surface area contributed by atoms with Crippen molar-refractivity contribution < 1.29 is 0 Å². The zero-order chi connectivity index (χ0) is 16.9. The van der Waals surface area contributed by atoms with Crippen LogP contribution in [0.2, 0.25) is 0 Å². The summed E-state index contributed by atoms with van der Waals surface area (Å²) < 4.78 is 0. The molecular formula is C19H29IN4S. The van der Waals surface area contributed by atoms with Crippen molar-refractivity contribution in [2.24, 2.45) is 4.99 Å². The lowest BCUT2D eigenvalue weighted by Gasteiger charge is -2.17. The molecule has 0 aliphatic heterocycles. The Labute approximate surface area is 172 Å². The van der Waals surface area contributed by atoms with Crippen LogP contribution in [0.3, 0.4) is 0 Å². The lowest BCUT2D eigenvalue weighted by atomic mass is 10.1. The van der Waals surface area contributed by atoms with Crippen LogP contribution in [-0.2, 0) is 6.42 Å². The first kappa shape index (κ1) is 20.4. The summed E-state index contributed by atoms with van der Waals surface area (Å²) in [4.78, 5) is 7.86. The third-order valence-corrected chi connectivity index (χ3v) is 6.07. The molecule has 1 aliphatic carbocycles. The largest absolute Gasteiger partial charge is 0.358 e. The number of nitrogens with one attached hydrogen (secondary N) is 3. The summed E-state index contributed by atoms with van der Waals surface area (Å²) in [7, 11) is 1.85. The van der Waals surface area contributed by atoms with Gasteiger partial charge in [-0.2, -0.15) is 11.8 Å². The van der Waals surface area contributed by atoms with E-state index in [-0.39, 0.29) is 24.0 Å². The van der Waals surface area contributed by atoms with Gasteiger partial charge < -0.3 is 15.6 Å². The summed E-state index contributed by atoms with van der Waals surface area (Å²) >= 11 is 1.99. The van der Waals surface area contributed by atoms with Crippen LogP contribution >= 0.6 is 35.7 Å². The molecule has 1 saturated carbocycles. The smallest absolute Gasteiger partial charge is 0.191 e. The zero-order valence-electron chi connectivity index (χ0n) is 15.3. The highest BCUT2D eigenvalue weighted by Crippen LogP contribution is 2.28. The van der Waals surface area contributed by atoms with E-state index in [1.54, 1.807) is 0 Å². The Bertz CT molecular complexity index is 713. The van der Waals surface area contributed by atoms with Gasteiger partial charge in [0.15, 0.2) is 5.96 Å². The molecule has 1 fully saturated rings. The SMILES string of the molecule is CN=C(NCCc1c(C)[nH]c2ccccc12)NC1CCC(SC)C1.I. The Kier molecular flexibility index (Phi) is 7.93. The number of hydrogen-bond acceptors (Lipinski definition) is 2. The van der Waals surface area contributed by atoms with Crippen LogP contribution in [0.15, 0.2) is 29.3 Å². The normalized spacial score (nSPS) is 20.5. The minimum absolute atomic E-state index is 0. The van der Waals surface area contributed by atoms with Crippen molar-refractivity contribution in [2.45, 2.75) is 43.9 Å². The molecule has 2 atom stereocenters. The number of nitrogens with zero attached hydrogens (tertiary/aromatic N) is 1. The number of H-pyrrole nitrogens is 1. The van der Waals surface area contributed by atoms with Crippen molar-refractivity contribution in [3.8, 4) is 0 Å². The molecule has 0 radical (unpaired) electrons. The summed E-state index contributed by atoms with van der Waals surface area (Å²) in [5.41, 5.74) is 3.89. The number of aromatic nitrogens is 1. The molecule has 1 aliphatic rings. The molecule has 4 nitrogen and oxygen atoms in total. The first-order valence-corrected chi connectivity index (χ1v) is 10.1. The summed E-state index contributed by atoms with van der Waals surface area (Å²) in [6.45, 7) is 3.05. The highest BCUT2D eigenvalue weighted by Gasteiger charge is 2.24. The van der Waals surface area contributed by atoms with Crippen molar-refractivity contribution in [2.75, 3.05) is 19.8 Å². The Morgan fingerprint density at radius 3 is 2.84 bits per heavy atom. The number of aliphatic imine (C=N–C) groups is 1. The predicted molar refractivity (Wildman–Crippen MR) is 122 cm³/mol. The number of para-hydroxylation sites is 1. The lowest BCUT2D eigenvalue weighted by Crippen LogP contribution is -2.43. The Morgan fingerprint density at radius 2 is 2.12 bits per heavy atom. The first-order chi connectivity index (χ1) is 11.7. The van der Waals surface area contributed by atoms with E-state index in [1.807, 2.05) is 18.8 Å². The monoisotopic (exact) mass is 472 g/mol. The van der Waals surface area contributed by atoms with Gasteiger partial charge in [-0.1, -0.05) is 18.2 Å². The van der Waals surface area contributed by atoms with E-state index in [0.29, 0.717) is 6.04 Å². The minimum Gasteiger partial charge on any atom is -0.358 e. The number of benzene rings is 1. The number of aromatic amines is 1. The van der Waals surface area contributed by atoms with Crippen LogP contribution in [0.5, 0.6) is 0 Å². The van der Waals surface area contributed by atoms with E-state index in [0.717, 1.165) is 24.2 Å². The van der Waals surface area contributed by atoms with Crippen molar-refractivity contribution in [3.05, 3.63) is 35.5 Å². The highest BCUT2D eigenvalue weighted by atomic mass is 127. The molecule has 0 amide bonds. The van der Waals surface area contributed by atoms with E-state index in [9.17, 15) is 0 Å². The van der Waals surface area contributed by atoms with Gasteiger partial charge in [-0.05, 0) is 50.5 Å². The fourth-order valence-electron chi connectivity index (χ4n) is 3.64. The molecule has 3 rings (SSSR count). The fraction of sp³-hybridized carbons (Fsp3) is 0.526. The topological polar surface area (TPSA) is 52.2 Å². The maximum Gasteiger partial charge on any atom is 0.191 e. The van der Waals surface area contributed by atoms with Crippen molar-refractivity contribution in [1.82, 2.24) is 15.6 Å². The molecule has 1 aromatic heterocycles. The second-order valence-electron chi connectivity index (χ2n) is 6.54. The third-order valence-electron chi connectivity index (χ3n) is 4.98. The zero-order valence-corrected chi connectivity index (χ0v) is 18.4.